The number of hydrogen-bond donors (Lipinski definition) is 1. The number of imide groups is 1. The molecule has 3 heterocycles. The van der Waals surface area contributed by atoms with Crippen LogP contribution in [0.2, 0.25) is 0 Å². The maximum absolute atomic E-state index is 13.8. The number of nitrogens with one attached hydrogen (secondary N) is 1. The number of benzene rings is 2. The van der Waals surface area contributed by atoms with E-state index in [9.17, 15) is 14.4 Å². The second kappa shape index (κ2) is 8.44. The van der Waals surface area contributed by atoms with Gasteiger partial charge in [0.2, 0.25) is 0 Å². The Bertz CT molecular complexity index is 1500. The lowest BCUT2D eigenvalue weighted by molar-refractivity contribution is -0.577. The molecule has 0 aliphatic carbocycles. The summed E-state index contributed by atoms with van der Waals surface area (Å²) in [5, 5.41) is 3.07. The first-order chi connectivity index (χ1) is 16.5. The Kier molecular flexibility index (Phi) is 5.30. The number of amides is 2. The lowest BCUT2D eigenvalue weighted by Gasteiger charge is -2.13. The van der Waals surface area contributed by atoms with Crippen molar-refractivity contribution in [2.45, 2.75) is 20.3 Å². The van der Waals surface area contributed by atoms with Crippen LogP contribution < -0.4 is 15.0 Å². The van der Waals surface area contributed by atoms with Crippen molar-refractivity contribution in [1.29, 1.82) is 0 Å². The summed E-state index contributed by atoms with van der Waals surface area (Å²) in [5.74, 6) is -1.00. The summed E-state index contributed by atoms with van der Waals surface area (Å²) in [6.45, 7) is 3.75. The third kappa shape index (κ3) is 3.38. The first-order valence-electron chi connectivity index (χ1n) is 11.1. The van der Waals surface area contributed by atoms with E-state index in [-0.39, 0.29) is 22.4 Å². The molecular weight excluding hydrogens is 428 g/mol. The molecule has 0 saturated heterocycles. The summed E-state index contributed by atoms with van der Waals surface area (Å²) in [6.07, 6.45) is 4.32. The molecule has 1 aliphatic rings. The molecule has 2 aromatic heterocycles. The van der Waals surface area contributed by atoms with E-state index < -0.39 is 11.8 Å². The average molecular weight is 452 g/mol. The van der Waals surface area contributed by atoms with E-state index in [2.05, 4.69) is 5.10 Å². The van der Waals surface area contributed by atoms with Crippen molar-refractivity contribution >= 4 is 28.8 Å². The summed E-state index contributed by atoms with van der Waals surface area (Å²) in [5.41, 5.74) is 2.63. The molecule has 1 N–H and O–H groups in total. The summed E-state index contributed by atoms with van der Waals surface area (Å²) < 4.78 is 3.04. The van der Waals surface area contributed by atoms with Crippen LogP contribution in [0.3, 0.4) is 0 Å². The van der Waals surface area contributed by atoms with Crippen LogP contribution in [0.15, 0.2) is 90.0 Å². The molecule has 0 spiro atoms. The van der Waals surface area contributed by atoms with E-state index >= 15 is 0 Å². The van der Waals surface area contributed by atoms with Crippen molar-refractivity contribution in [3.05, 3.63) is 112 Å². The van der Waals surface area contributed by atoms with E-state index in [4.69, 9.17) is 0 Å². The fourth-order valence-electron chi connectivity index (χ4n) is 4.27. The van der Waals surface area contributed by atoms with E-state index in [1.165, 1.54) is 4.68 Å². The van der Waals surface area contributed by atoms with Gasteiger partial charge < -0.3 is 0 Å². The monoisotopic (exact) mass is 451 g/mol. The maximum Gasteiger partial charge on any atom is 0.331 e. The zero-order valence-electron chi connectivity index (χ0n) is 18.9. The Morgan fingerprint density at radius 1 is 0.824 bits per heavy atom. The van der Waals surface area contributed by atoms with Gasteiger partial charge in [0, 0.05) is 17.3 Å². The van der Waals surface area contributed by atoms with Gasteiger partial charge in [-0.05, 0) is 43.7 Å². The van der Waals surface area contributed by atoms with Crippen molar-refractivity contribution in [3.8, 4) is 5.69 Å². The molecule has 1 aliphatic heterocycles. The zero-order chi connectivity index (χ0) is 23.8. The Balaban J connectivity index is 1.77. The highest BCUT2D eigenvalue weighted by Crippen LogP contribution is 2.33. The second-order valence-corrected chi connectivity index (χ2v) is 8.07. The smallest absolute Gasteiger partial charge is 0.295 e. The summed E-state index contributed by atoms with van der Waals surface area (Å²) >= 11 is 0. The van der Waals surface area contributed by atoms with Gasteiger partial charge in [-0.2, -0.15) is 4.57 Å². The third-order valence-electron chi connectivity index (χ3n) is 5.94. The van der Waals surface area contributed by atoms with Crippen molar-refractivity contribution < 1.29 is 14.2 Å². The normalized spacial score (nSPS) is 13.8. The molecule has 7 nitrogen and oxygen atoms in total. The number of aromatic amines is 1. The number of para-hydroxylation sites is 2. The van der Waals surface area contributed by atoms with Crippen LogP contribution in [0, 0.1) is 6.92 Å². The number of nitrogens with zero attached hydrogens (tertiary/aromatic N) is 3. The third-order valence-corrected chi connectivity index (χ3v) is 5.94. The van der Waals surface area contributed by atoms with E-state index in [0.717, 1.165) is 16.9 Å². The molecule has 34 heavy (non-hydrogen) atoms. The molecular formula is C27H23N4O3+. The largest absolute Gasteiger partial charge is 0.331 e. The number of aromatic nitrogens is 3. The molecule has 0 radical (unpaired) electrons. The molecule has 0 saturated carbocycles. The highest BCUT2D eigenvalue weighted by molar-refractivity contribution is 6.53. The molecule has 5 rings (SSSR count). The number of anilines is 1. The topological polar surface area (TPSA) is 79.1 Å². The van der Waals surface area contributed by atoms with Crippen molar-refractivity contribution in [2.75, 3.05) is 4.90 Å². The van der Waals surface area contributed by atoms with Gasteiger partial charge >= 0.3 is 5.91 Å². The molecule has 4 aromatic rings. The molecule has 0 bridgehead atoms. The number of pyridine rings is 1. The number of rotatable bonds is 5. The van der Waals surface area contributed by atoms with Crippen molar-refractivity contribution in [3.63, 3.8) is 0 Å². The Morgan fingerprint density at radius 2 is 1.47 bits per heavy atom. The van der Waals surface area contributed by atoms with Gasteiger partial charge in [0.15, 0.2) is 12.4 Å². The van der Waals surface area contributed by atoms with Crippen LogP contribution in [0.4, 0.5) is 5.69 Å². The highest BCUT2D eigenvalue weighted by atomic mass is 16.2. The van der Waals surface area contributed by atoms with Crippen LogP contribution >= 0.6 is 0 Å². The standard InChI is InChI=1S/C27H22N4O3/c1-3-19-11-10-16-29(17-19)24-23(25(32)30(27(24)34)20-12-6-4-7-13-20)22-18(2)28-31(26(22)33)21-14-8-5-9-15-21/h4-17H,3H2,1-2H3/p+1. The SMILES string of the molecule is CCc1ccc[n+](C2=C(c3c(C)[nH]n(-c4ccccc4)c3=O)C(=O)N(c3ccccc3)C2=O)c1. The Labute approximate surface area is 196 Å². The number of carbonyl (C=O) groups is 2. The lowest BCUT2D eigenvalue weighted by atomic mass is 10.1. The van der Waals surface area contributed by atoms with E-state index in [1.807, 2.05) is 49.5 Å². The van der Waals surface area contributed by atoms with Gasteiger partial charge in [-0.25, -0.2) is 9.58 Å². The van der Waals surface area contributed by atoms with Crippen molar-refractivity contribution in [2.24, 2.45) is 0 Å². The van der Waals surface area contributed by atoms with E-state index in [0.29, 0.717) is 17.1 Å². The van der Waals surface area contributed by atoms with Gasteiger partial charge in [-0.1, -0.05) is 43.3 Å². The molecule has 7 heteroatoms. The van der Waals surface area contributed by atoms with Gasteiger partial charge in [0.05, 0.1) is 16.9 Å². The van der Waals surface area contributed by atoms with Crippen LogP contribution in [0.5, 0.6) is 0 Å². The summed E-state index contributed by atoms with van der Waals surface area (Å²) in [6, 6.07) is 21.7. The first kappa shape index (κ1) is 21.3. The van der Waals surface area contributed by atoms with Gasteiger partial charge in [-0.3, -0.25) is 19.5 Å². The second-order valence-electron chi connectivity index (χ2n) is 8.07. The Hall–Kier alpha value is -4.52. The molecule has 2 aromatic carbocycles. The fraction of sp³-hybridized carbons (Fsp3) is 0.111. The number of H-pyrrole nitrogens is 1. The van der Waals surface area contributed by atoms with Gasteiger partial charge in [0.25, 0.3) is 17.2 Å². The number of aryl methyl sites for hydroxylation is 2. The molecule has 0 fully saturated rings. The first-order valence-corrected chi connectivity index (χ1v) is 11.1. The molecule has 0 unspecified atom stereocenters. The molecule has 168 valence electrons. The maximum atomic E-state index is 13.8. The lowest BCUT2D eigenvalue weighted by Crippen LogP contribution is -2.40. The van der Waals surface area contributed by atoms with Gasteiger partial charge in [0.1, 0.15) is 5.57 Å². The van der Waals surface area contributed by atoms with E-state index in [1.54, 1.807) is 54.1 Å². The van der Waals surface area contributed by atoms with Crippen LogP contribution in [0.25, 0.3) is 17.0 Å². The predicted molar refractivity (Wildman–Crippen MR) is 129 cm³/mol. The fourth-order valence-corrected chi connectivity index (χ4v) is 4.27. The van der Waals surface area contributed by atoms with Crippen LogP contribution in [-0.2, 0) is 16.0 Å². The highest BCUT2D eigenvalue weighted by Gasteiger charge is 2.48. The zero-order valence-corrected chi connectivity index (χ0v) is 18.9. The minimum absolute atomic E-state index is 0.0838. The minimum atomic E-state index is -0.528. The Morgan fingerprint density at radius 3 is 2.12 bits per heavy atom. The van der Waals surface area contributed by atoms with Crippen LogP contribution in [0.1, 0.15) is 23.7 Å². The quantitative estimate of drug-likeness (QED) is 0.374. The summed E-state index contributed by atoms with van der Waals surface area (Å²) in [4.78, 5) is 42.2. The number of hydrogen-bond acceptors (Lipinski definition) is 3. The minimum Gasteiger partial charge on any atom is -0.295 e. The predicted octanol–water partition coefficient (Wildman–Crippen LogP) is 3.27. The average Bonchev–Trinajstić information content (AvgIpc) is 3.30. The summed E-state index contributed by atoms with van der Waals surface area (Å²) in [7, 11) is 0. The number of carbonyl (C=O) groups excluding carboxylic acids is 2. The van der Waals surface area contributed by atoms with Crippen LogP contribution in [-0.4, -0.2) is 21.6 Å². The van der Waals surface area contributed by atoms with Crippen molar-refractivity contribution in [1.82, 2.24) is 9.78 Å². The van der Waals surface area contributed by atoms with Gasteiger partial charge in [-0.15, -0.1) is 0 Å². The molecule has 2 amide bonds. The molecule has 0 atom stereocenters.